The number of nitrogens with zero attached hydrogens (tertiary/aromatic N) is 3. The van der Waals surface area contributed by atoms with Crippen molar-refractivity contribution in [2.24, 2.45) is 5.10 Å². The zero-order chi connectivity index (χ0) is 11.5. The highest BCUT2D eigenvalue weighted by Crippen LogP contribution is 2.22. The van der Waals surface area contributed by atoms with Crippen LogP contribution in [0.1, 0.15) is 4.88 Å². The normalized spacial score (nSPS) is 15.8. The fraction of sp³-hybridized carbons (Fsp3) is 0.250. The maximum atomic E-state index is 11.1. The molecule has 0 radical (unpaired) electrons. The highest BCUT2D eigenvalue weighted by molar-refractivity contribution is 7.16. The van der Waals surface area contributed by atoms with Gasteiger partial charge in [0.25, 0.3) is 0 Å². The molecule has 7 nitrogen and oxygen atoms in total. The average molecular weight is 240 g/mol. The van der Waals surface area contributed by atoms with Crippen LogP contribution in [0.15, 0.2) is 17.2 Å². The number of rotatable bonds is 3. The van der Waals surface area contributed by atoms with Crippen LogP contribution < -0.4 is 5.32 Å². The van der Waals surface area contributed by atoms with Crippen LogP contribution in [0.2, 0.25) is 0 Å². The Balaban J connectivity index is 2.05. The van der Waals surface area contributed by atoms with Gasteiger partial charge in [-0.2, -0.15) is 5.10 Å². The summed E-state index contributed by atoms with van der Waals surface area (Å²) in [7, 11) is 0. The molecule has 0 unspecified atom stereocenters. The van der Waals surface area contributed by atoms with E-state index >= 15 is 0 Å². The number of hydrazone groups is 1. The zero-order valence-corrected chi connectivity index (χ0v) is 8.94. The van der Waals surface area contributed by atoms with Gasteiger partial charge in [0.2, 0.25) is 0 Å². The molecule has 1 aliphatic rings. The molecule has 0 bridgehead atoms. The van der Waals surface area contributed by atoms with Crippen molar-refractivity contribution in [2.75, 3.05) is 13.1 Å². The van der Waals surface area contributed by atoms with Gasteiger partial charge in [0.1, 0.15) is 0 Å². The molecular formula is C8H8N4O3S. The molecule has 8 heteroatoms. The van der Waals surface area contributed by atoms with Gasteiger partial charge in [0, 0.05) is 12.6 Å². The molecule has 0 saturated carbocycles. The molecule has 1 N–H and O–H groups in total. The highest BCUT2D eigenvalue weighted by atomic mass is 32.1. The second-order valence-corrected chi connectivity index (χ2v) is 4.13. The molecule has 2 amide bonds. The molecule has 0 aliphatic carbocycles. The van der Waals surface area contributed by atoms with Gasteiger partial charge in [-0.3, -0.25) is 10.1 Å². The van der Waals surface area contributed by atoms with Crippen molar-refractivity contribution in [1.82, 2.24) is 10.3 Å². The van der Waals surface area contributed by atoms with Crippen molar-refractivity contribution in [3.8, 4) is 0 Å². The Labute approximate surface area is 94.5 Å². The number of nitro groups is 1. The Bertz CT molecular complexity index is 456. The highest BCUT2D eigenvalue weighted by Gasteiger charge is 2.18. The van der Waals surface area contributed by atoms with Crippen LogP contribution in [0.25, 0.3) is 0 Å². The number of hydrogen-bond acceptors (Lipinski definition) is 5. The van der Waals surface area contributed by atoms with Crippen molar-refractivity contribution in [2.45, 2.75) is 0 Å². The van der Waals surface area contributed by atoms with Gasteiger partial charge in [-0.05, 0) is 6.07 Å². The molecule has 1 aliphatic heterocycles. The summed E-state index contributed by atoms with van der Waals surface area (Å²) in [5.74, 6) is 0. The van der Waals surface area contributed by atoms with Crippen molar-refractivity contribution in [3.63, 3.8) is 0 Å². The summed E-state index contributed by atoms with van der Waals surface area (Å²) in [5.41, 5.74) is 0. The SMILES string of the molecule is O=C1NCCN1N=Cc1ccc([N+](=O)[O-])s1. The Morgan fingerprint density at radius 3 is 3.00 bits per heavy atom. The number of thiophene rings is 1. The van der Waals surface area contributed by atoms with Crippen LogP contribution in [-0.4, -0.2) is 35.3 Å². The van der Waals surface area contributed by atoms with Crippen LogP contribution >= 0.6 is 11.3 Å². The number of amides is 2. The van der Waals surface area contributed by atoms with E-state index in [-0.39, 0.29) is 11.0 Å². The molecular weight excluding hydrogens is 232 g/mol. The van der Waals surface area contributed by atoms with Crippen molar-refractivity contribution in [3.05, 3.63) is 27.1 Å². The molecule has 1 fully saturated rings. The van der Waals surface area contributed by atoms with E-state index in [0.717, 1.165) is 11.3 Å². The topological polar surface area (TPSA) is 87.8 Å². The first-order chi connectivity index (χ1) is 7.66. The van der Waals surface area contributed by atoms with Crippen molar-refractivity contribution >= 4 is 28.6 Å². The van der Waals surface area contributed by atoms with Crippen LogP contribution in [0.4, 0.5) is 9.80 Å². The van der Waals surface area contributed by atoms with Crippen LogP contribution in [0, 0.1) is 10.1 Å². The first kappa shape index (κ1) is 10.6. The molecule has 16 heavy (non-hydrogen) atoms. The van der Waals surface area contributed by atoms with E-state index in [2.05, 4.69) is 10.4 Å². The number of urea groups is 1. The van der Waals surface area contributed by atoms with Crippen LogP contribution in [0.5, 0.6) is 0 Å². The van der Waals surface area contributed by atoms with Crippen molar-refractivity contribution in [1.29, 1.82) is 0 Å². The lowest BCUT2D eigenvalue weighted by atomic mass is 10.5. The molecule has 0 atom stereocenters. The molecule has 1 saturated heterocycles. The molecule has 0 aromatic carbocycles. The molecule has 1 aromatic rings. The lowest BCUT2D eigenvalue weighted by Crippen LogP contribution is -2.23. The first-order valence-electron chi connectivity index (χ1n) is 4.50. The Morgan fingerprint density at radius 2 is 2.44 bits per heavy atom. The minimum atomic E-state index is -0.454. The van der Waals surface area contributed by atoms with Crippen LogP contribution in [-0.2, 0) is 0 Å². The summed E-state index contributed by atoms with van der Waals surface area (Å²) < 4.78 is 0. The van der Waals surface area contributed by atoms with E-state index in [1.54, 1.807) is 6.07 Å². The van der Waals surface area contributed by atoms with Gasteiger partial charge in [-0.15, -0.1) is 0 Å². The Kier molecular flexibility index (Phi) is 2.82. The smallest absolute Gasteiger partial charge is 0.335 e. The quantitative estimate of drug-likeness (QED) is 0.486. The van der Waals surface area contributed by atoms with Gasteiger partial charge in [-0.1, -0.05) is 11.3 Å². The van der Waals surface area contributed by atoms with Gasteiger partial charge in [-0.25, -0.2) is 9.80 Å². The lowest BCUT2D eigenvalue weighted by molar-refractivity contribution is -0.380. The zero-order valence-electron chi connectivity index (χ0n) is 8.12. The maximum absolute atomic E-state index is 11.1. The lowest BCUT2D eigenvalue weighted by Gasteiger charge is -2.03. The fourth-order valence-electron chi connectivity index (χ4n) is 1.21. The maximum Gasteiger partial charge on any atom is 0.337 e. The second-order valence-electron chi connectivity index (χ2n) is 3.03. The summed E-state index contributed by atoms with van der Waals surface area (Å²) in [6, 6.07) is 2.76. The summed E-state index contributed by atoms with van der Waals surface area (Å²) in [5, 5.41) is 18.3. The molecule has 0 spiro atoms. The van der Waals surface area contributed by atoms with E-state index in [9.17, 15) is 14.9 Å². The fourth-order valence-corrected chi connectivity index (χ4v) is 1.90. The monoisotopic (exact) mass is 240 g/mol. The van der Waals surface area contributed by atoms with E-state index < -0.39 is 4.92 Å². The molecule has 84 valence electrons. The third kappa shape index (κ3) is 2.16. The summed E-state index contributed by atoms with van der Waals surface area (Å²) >= 11 is 1.02. The minimum Gasteiger partial charge on any atom is -0.335 e. The predicted octanol–water partition coefficient (Wildman–Crippen LogP) is 1.02. The summed E-state index contributed by atoms with van der Waals surface area (Å²) in [6.45, 7) is 1.09. The van der Waals surface area contributed by atoms with E-state index in [4.69, 9.17) is 0 Å². The van der Waals surface area contributed by atoms with Gasteiger partial charge in [0.15, 0.2) is 0 Å². The van der Waals surface area contributed by atoms with Gasteiger partial charge >= 0.3 is 11.0 Å². The van der Waals surface area contributed by atoms with Gasteiger partial charge in [0.05, 0.1) is 22.6 Å². The second kappa shape index (κ2) is 4.27. The Morgan fingerprint density at radius 1 is 1.62 bits per heavy atom. The minimum absolute atomic E-state index is 0.0623. The largest absolute Gasteiger partial charge is 0.337 e. The Hall–Kier alpha value is -1.96. The van der Waals surface area contributed by atoms with Crippen LogP contribution in [0.3, 0.4) is 0 Å². The van der Waals surface area contributed by atoms with Gasteiger partial charge < -0.3 is 5.32 Å². The number of nitrogens with one attached hydrogen (secondary N) is 1. The van der Waals surface area contributed by atoms with E-state index in [0.29, 0.717) is 18.0 Å². The summed E-state index contributed by atoms with van der Waals surface area (Å²) in [6.07, 6.45) is 1.45. The van der Waals surface area contributed by atoms with E-state index in [1.807, 2.05) is 0 Å². The van der Waals surface area contributed by atoms with E-state index in [1.165, 1.54) is 17.3 Å². The number of carbonyl (C=O) groups is 1. The molecule has 1 aromatic heterocycles. The standard InChI is InChI=1S/C8H8N4O3S/c13-8-9-3-4-11(8)10-5-6-1-2-7(16-6)12(14)15/h1-2,5H,3-4H2,(H,9,13). The number of hydrogen-bond donors (Lipinski definition) is 1. The first-order valence-corrected chi connectivity index (χ1v) is 5.32. The third-order valence-corrected chi connectivity index (χ3v) is 2.92. The molecule has 2 rings (SSSR count). The number of carbonyl (C=O) groups excluding carboxylic acids is 1. The van der Waals surface area contributed by atoms with Crippen molar-refractivity contribution < 1.29 is 9.72 Å². The summed E-state index contributed by atoms with van der Waals surface area (Å²) in [4.78, 5) is 21.7. The third-order valence-electron chi connectivity index (χ3n) is 1.95. The average Bonchev–Trinajstić information content (AvgIpc) is 2.83. The predicted molar refractivity (Wildman–Crippen MR) is 58.7 cm³/mol. The molecule has 2 heterocycles.